The van der Waals surface area contributed by atoms with Crippen molar-refractivity contribution < 1.29 is 24.2 Å². The molecule has 2 N–H and O–H groups in total. The molecular weight excluding hydrogens is 389 g/mol. The third-order valence-corrected chi connectivity index (χ3v) is 5.80. The molecule has 0 aliphatic carbocycles. The Kier molecular flexibility index (Phi) is 5.03. The number of pyridine rings is 1. The van der Waals surface area contributed by atoms with Crippen LogP contribution in [-0.2, 0) is 11.2 Å². The lowest BCUT2D eigenvalue weighted by Gasteiger charge is -2.43. The molecule has 0 radical (unpaired) electrons. The maximum Gasteiger partial charge on any atom is 0.314 e. The van der Waals surface area contributed by atoms with Crippen molar-refractivity contribution >= 4 is 17.5 Å². The summed E-state index contributed by atoms with van der Waals surface area (Å²) in [5.41, 5.74) is 0.607. The second-order valence-corrected chi connectivity index (χ2v) is 7.85. The average molecular weight is 411 g/mol. The van der Waals surface area contributed by atoms with E-state index >= 15 is 0 Å². The molecule has 1 aliphatic heterocycles. The number of nitrogens with zero attached hydrogens (tertiary/aromatic N) is 3. The van der Waals surface area contributed by atoms with E-state index in [-0.39, 0.29) is 31.6 Å². The number of imidazole rings is 1. The summed E-state index contributed by atoms with van der Waals surface area (Å²) in [6, 6.07) is 9.38. The summed E-state index contributed by atoms with van der Waals surface area (Å²) in [4.78, 5) is 31.2. The van der Waals surface area contributed by atoms with E-state index in [1.165, 1.54) is 23.1 Å². The van der Waals surface area contributed by atoms with Crippen molar-refractivity contribution in [3.8, 4) is 0 Å². The number of carboxylic acid groups (broad SMARTS) is 1. The fourth-order valence-electron chi connectivity index (χ4n) is 4.14. The maximum absolute atomic E-state index is 13.6. The number of fused-ring (bicyclic) bond motifs is 1. The van der Waals surface area contributed by atoms with Gasteiger partial charge in [0.05, 0.1) is 6.10 Å². The number of hydrogen-bond donors (Lipinski definition) is 2. The molecule has 1 saturated heterocycles. The molecule has 2 aromatic heterocycles. The van der Waals surface area contributed by atoms with E-state index in [1.807, 2.05) is 19.1 Å². The first-order valence-corrected chi connectivity index (χ1v) is 9.70. The van der Waals surface area contributed by atoms with E-state index in [2.05, 4.69) is 4.98 Å². The number of amides is 1. The highest BCUT2D eigenvalue weighted by molar-refractivity contribution is 5.93. The van der Waals surface area contributed by atoms with Crippen LogP contribution in [0.15, 0.2) is 48.8 Å². The first-order valence-electron chi connectivity index (χ1n) is 9.70. The molecule has 4 rings (SSSR count). The standard InChI is InChI=1S/C22H22FN3O4/c1-14-4-3-8-25-12-17(24-19(14)25)20(28)26-9-7-18(27)22(13-26,21(29)30)11-15-5-2-6-16(23)10-15/h2-6,8,10,12,18,27H,7,9,11,13H2,1H3,(H,29,30)/t18-,22+/m0/s1. The van der Waals surface area contributed by atoms with Gasteiger partial charge in [-0.25, -0.2) is 9.37 Å². The molecule has 3 aromatic rings. The van der Waals surface area contributed by atoms with Crippen molar-refractivity contribution in [3.63, 3.8) is 0 Å². The number of rotatable bonds is 4. The lowest BCUT2D eigenvalue weighted by molar-refractivity contribution is -0.161. The van der Waals surface area contributed by atoms with Crippen LogP contribution in [0.4, 0.5) is 4.39 Å². The van der Waals surface area contributed by atoms with E-state index in [0.717, 1.165) is 5.56 Å². The van der Waals surface area contributed by atoms with Crippen molar-refractivity contribution in [2.45, 2.75) is 25.9 Å². The van der Waals surface area contributed by atoms with Gasteiger partial charge in [0.25, 0.3) is 5.91 Å². The number of hydrogen-bond acceptors (Lipinski definition) is 4. The summed E-state index contributed by atoms with van der Waals surface area (Å²) in [5.74, 6) is -2.09. The summed E-state index contributed by atoms with van der Waals surface area (Å²) in [7, 11) is 0. The van der Waals surface area contributed by atoms with E-state index in [0.29, 0.717) is 11.2 Å². The number of carbonyl (C=O) groups is 2. The minimum Gasteiger partial charge on any atom is -0.481 e. The minimum absolute atomic E-state index is 0.0880. The normalized spacial score (nSPS) is 21.7. The van der Waals surface area contributed by atoms with Gasteiger partial charge in [-0.05, 0) is 49.1 Å². The van der Waals surface area contributed by atoms with E-state index < -0.39 is 29.2 Å². The zero-order valence-corrected chi connectivity index (χ0v) is 16.5. The maximum atomic E-state index is 13.6. The van der Waals surface area contributed by atoms with E-state index in [9.17, 15) is 24.2 Å². The minimum atomic E-state index is -1.63. The average Bonchev–Trinajstić information content (AvgIpc) is 3.15. The van der Waals surface area contributed by atoms with E-state index in [4.69, 9.17) is 0 Å². The highest BCUT2D eigenvalue weighted by Crippen LogP contribution is 2.35. The molecule has 7 nitrogen and oxygen atoms in total. The SMILES string of the molecule is Cc1cccn2cc(C(=O)N3CC[C@H](O)[C@](Cc4cccc(F)c4)(C(=O)O)C3)nc12. The Labute approximate surface area is 172 Å². The van der Waals surface area contributed by atoms with Crippen molar-refractivity contribution in [1.29, 1.82) is 0 Å². The quantitative estimate of drug-likeness (QED) is 0.687. The summed E-state index contributed by atoms with van der Waals surface area (Å²) >= 11 is 0. The molecule has 1 fully saturated rings. The number of benzene rings is 1. The van der Waals surface area contributed by atoms with Crippen molar-refractivity contribution in [2.24, 2.45) is 5.41 Å². The molecular formula is C22H22FN3O4. The predicted molar refractivity (Wildman–Crippen MR) is 107 cm³/mol. The number of aromatic nitrogens is 2. The van der Waals surface area contributed by atoms with Crippen LogP contribution in [0.1, 0.15) is 28.0 Å². The number of carboxylic acids is 1. The lowest BCUT2D eigenvalue weighted by Crippen LogP contribution is -2.58. The second-order valence-electron chi connectivity index (χ2n) is 7.85. The first-order chi connectivity index (χ1) is 14.3. The number of halogens is 1. The fourth-order valence-corrected chi connectivity index (χ4v) is 4.14. The zero-order chi connectivity index (χ0) is 21.5. The molecule has 0 saturated carbocycles. The van der Waals surface area contributed by atoms with Crippen LogP contribution in [0.2, 0.25) is 0 Å². The Balaban J connectivity index is 1.65. The molecule has 156 valence electrons. The van der Waals surface area contributed by atoms with Gasteiger partial charge in [-0.2, -0.15) is 0 Å². The van der Waals surface area contributed by atoms with Gasteiger partial charge in [-0.3, -0.25) is 9.59 Å². The topological polar surface area (TPSA) is 95.1 Å². The number of aliphatic hydroxyl groups is 1. The van der Waals surface area contributed by atoms with Gasteiger partial charge in [-0.15, -0.1) is 0 Å². The smallest absolute Gasteiger partial charge is 0.314 e. The van der Waals surface area contributed by atoms with Crippen LogP contribution in [0.25, 0.3) is 5.65 Å². The molecule has 1 aliphatic rings. The van der Waals surface area contributed by atoms with Gasteiger partial charge in [-0.1, -0.05) is 18.2 Å². The number of aryl methyl sites for hydroxylation is 1. The number of piperidine rings is 1. The van der Waals surface area contributed by atoms with Gasteiger partial charge < -0.3 is 19.5 Å². The number of likely N-dealkylation sites (tertiary alicyclic amines) is 1. The summed E-state index contributed by atoms with van der Waals surface area (Å²) in [6.07, 6.45) is 2.27. The number of aliphatic carboxylic acids is 1. The Morgan fingerprint density at radius 1 is 1.30 bits per heavy atom. The highest BCUT2D eigenvalue weighted by atomic mass is 19.1. The van der Waals surface area contributed by atoms with Crippen LogP contribution in [-0.4, -0.2) is 55.6 Å². The molecule has 0 spiro atoms. The lowest BCUT2D eigenvalue weighted by atomic mass is 9.72. The van der Waals surface area contributed by atoms with Crippen LogP contribution >= 0.6 is 0 Å². The van der Waals surface area contributed by atoms with Crippen molar-refractivity contribution in [3.05, 3.63) is 71.4 Å². The predicted octanol–water partition coefficient (Wildman–Crippen LogP) is 2.30. The molecule has 8 heteroatoms. The van der Waals surface area contributed by atoms with Gasteiger partial charge >= 0.3 is 5.97 Å². The first kappa shape index (κ1) is 20.0. The van der Waals surface area contributed by atoms with Gasteiger partial charge in [0.15, 0.2) is 0 Å². The van der Waals surface area contributed by atoms with Crippen LogP contribution in [0.5, 0.6) is 0 Å². The van der Waals surface area contributed by atoms with E-state index in [1.54, 1.807) is 22.9 Å². The molecule has 2 atom stereocenters. The Hall–Kier alpha value is -3.26. The zero-order valence-electron chi connectivity index (χ0n) is 16.5. The van der Waals surface area contributed by atoms with Gasteiger partial charge in [0, 0.05) is 25.5 Å². The Morgan fingerprint density at radius 2 is 2.10 bits per heavy atom. The number of carbonyl (C=O) groups excluding carboxylic acids is 1. The number of aliphatic hydroxyl groups excluding tert-OH is 1. The third kappa shape index (κ3) is 3.43. The molecule has 0 unspecified atom stereocenters. The Morgan fingerprint density at radius 3 is 2.80 bits per heavy atom. The van der Waals surface area contributed by atoms with Gasteiger partial charge in [0.2, 0.25) is 0 Å². The highest BCUT2D eigenvalue weighted by Gasteiger charge is 2.50. The molecule has 0 bridgehead atoms. The third-order valence-electron chi connectivity index (χ3n) is 5.80. The molecule has 1 aromatic carbocycles. The largest absolute Gasteiger partial charge is 0.481 e. The van der Waals surface area contributed by atoms with Crippen molar-refractivity contribution in [2.75, 3.05) is 13.1 Å². The molecule has 3 heterocycles. The van der Waals surface area contributed by atoms with Crippen LogP contribution in [0, 0.1) is 18.2 Å². The monoisotopic (exact) mass is 411 g/mol. The molecule has 30 heavy (non-hydrogen) atoms. The summed E-state index contributed by atoms with van der Waals surface area (Å²) in [6.45, 7) is 1.92. The Bertz CT molecular complexity index is 1130. The van der Waals surface area contributed by atoms with Crippen molar-refractivity contribution in [1.82, 2.24) is 14.3 Å². The second kappa shape index (κ2) is 7.53. The summed E-state index contributed by atoms with van der Waals surface area (Å²) in [5, 5.41) is 20.6. The van der Waals surface area contributed by atoms with Gasteiger partial charge in [0.1, 0.15) is 22.6 Å². The fraction of sp³-hybridized carbons (Fsp3) is 0.318. The van der Waals surface area contributed by atoms with Crippen LogP contribution < -0.4 is 0 Å². The van der Waals surface area contributed by atoms with Crippen LogP contribution in [0.3, 0.4) is 0 Å². The summed E-state index contributed by atoms with van der Waals surface area (Å²) < 4.78 is 15.4. The molecule has 1 amide bonds.